The Morgan fingerprint density at radius 3 is 2.13 bits per heavy atom. The first-order valence-corrected chi connectivity index (χ1v) is 8.92. The highest BCUT2D eigenvalue weighted by atomic mass is 32.2. The van der Waals surface area contributed by atoms with E-state index in [-0.39, 0.29) is 10.8 Å². The molecule has 0 N–H and O–H groups in total. The van der Waals surface area contributed by atoms with Crippen LogP contribution in [0.3, 0.4) is 0 Å². The number of hydrogen-bond donors (Lipinski definition) is 0. The predicted octanol–water partition coefficient (Wildman–Crippen LogP) is 4.60. The van der Waals surface area contributed by atoms with Crippen molar-refractivity contribution in [3.8, 4) is 11.4 Å². The van der Waals surface area contributed by atoms with Crippen LogP contribution in [-0.2, 0) is 5.41 Å². The topological polar surface area (TPSA) is 43.1 Å². The molecule has 1 aromatic carbocycles. The Balaban J connectivity index is 2.01. The minimum atomic E-state index is 0.0579. The second kappa shape index (κ2) is 5.48. The number of rotatable bonds is 1. The first-order chi connectivity index (χ1) is 10.7. The average molecular weight is 328 g/mol. The summed E-state index contributed by atoms with van der Waals surface area (Å²) in [6, 6.07) is 8.56. The van der Waals surface area contributed by atoms with Crippen molar-refractivity contribution in [2.45, 2.75) is 52.1 Å². The normalized spacial score (nSPS) is 15.3. The lowest BCUT2D eigenvalue weighted by molar-refractivity contribution is 0.574. The molecule has 1 aliphatic heterocycles. The summed E-state index contributed by atoms with van der Waals surface area (Å²) in [6.45, 7) is 13.2. The van der Waals surface area contributed by atoms with Crippen LogP contribution in [0.4, 0.5) is 0 Å². The van der Waals surface area contributed by atoms with E-state index >= 15 is 0 Å². The molecular weight excluding hydrogens is 304 g/mol. The molecule has 1 aliphatic rings. The van der Waals surface area contributed by atoms with E-state index in [2.05, 4.69) is 76.0 Å². The second-order valence-electron chi connectivity index (χ2n) is 8.03. The number of thioether (sulfide) groups is 1. The van der Waals surface area contributed by atoms with Crippen molar-refractivity contribution < 1.29 is 0 Å². The van der Waals surface area contributed by atoms with E-state index < -0.39 is 0 Å². The van der Waals surface area contributed by atoms with Gasteiger partial charge in [-0.3, -0.25) is 0 Å². The van der Waals surface area contributed by atoms with Crippen molar-refractivity contribution >= 4 is 17.5 Å². The number of hydrogen-bond acceptors (Lipinski definition) is 4. The molecule has 2 aromatic rings. The molecule has 0 unspecified atom stereocenters. The monoisotopic (exact) mass is 328 g/mol. The third kappa shape index (κ3) is 3.20. The first kappa shape index (κ1) is 16.2. The third-order valence-corrected chi connectivity index (χ3v) is 4.98. The first-order valence-electron chi connectivity index (χ1n) is 7.94. The SMILES string of the molecule is CC(C)(C)C1=Nn2c(nnc2-c2ccc(C(C)(C)C)cc2)SC1. The summed E-state index contributed by atoms with van der Waals surface area (Å²) >= 11 is 1.71. The predicted molar refractivity (Wildman–Crippen MR) is 97.2 cm³/mol. The summed E-state index contributed by atoms with van der Waals surface area (Å²) in [7, 11) is 0. The van der Waals surface area contributed by atoms with Gasteiger partial charge in [0.25, 0.3) is 0 Å². The number of fused-ring (bicyclic) bond motifs is 1. The van der Waals surface area contributed by atoms with Gasteiger partial charge in [0, 0.05) is 16.7 Å². The Labute approximate surface area is 142 Å². The molecule has 0 bridgehead atoms. The van der Waals surface area contributed by atoms with Gasteiger partial charge in [0.2, 0.25) is 5.16 Å². The van der Waals surface area contributed by atoms with Crippen LogP contribution in [0.1, 0.15) is 47.1 Å². The fourth-order valence-corrected chi connectivity index (χ4v) is 3.50. The highest BCUT2D eigenvalue weighted by molar-refractivity contribution is 7.99. The lowest BCUT2D eigenvalue weighted by atomic mass is 9.87. The van der Waals surface area contributed by atoms with Crippen molar-refractivity contribution in [2.75, 3.05) is 5.75 Å². The van der Waals surface area contributed by atoms with Gasteiger partial charge < -0.3 is 0 Å². The fourth-order valence-electron chi connectivity index (χ4n) is 2.39. The van der Waals surface area contributed by atoms with Crippen molar-refractivity contribution in [2.24, 2.45) is 10.5 Å². The number of nitrogens with zero attached hydrogens (tertiary/aromatic N) is 4. The van der Waals surface area contributed by atoms with Crippen LogP contribution in [0.5, 0.6) is 0 Å². The molecule has 0 atom stereocenters. The molecule has 0 fully saturated rings. The van der Waals surface area contributed by atoms with Crippen molar-refractivity contribution in [1.82, 2.24) is 14.9 Å². The van der Waals surface area contributed by atoms with Gasteiger partial charge in [-0.05, 0) is 11.0 Å². The lowest BCUT2D eigenvalue weighted by Gasteiger charge is -2.24. The summed E-state index contributed by atoms with van der Waals surface area (Å²) in [5.41, 5.74) is 3.74. The summed E-state index contributed by atoms with van der Waals surface area (Å²) in [5, 5.41) is 14.3. The van der Waals surface area contributed by atoms with Gasteiger partial charge in [-0.1, -0.05) is 77.6 Å². The second-order valence-corrected chi connectivity index (χ2v) is 8.97. The minimum Gasteiger partial charge on any atom is -0.187 e. The van der Waals surface area contributed by atoms with E-state index in [1.807, 2.05) is 4.68 Å². The van der Waals surface area contributed by atoms with Crippen LogP contribution in [-0.4, -0.2) is 26.3 Å². The van der Waals surface area contributed by atoms with Crippen molar-refractivity contribution in [3.63, 3.8) is 0 Å². The molecule has 122 valence electrons. The van der Waals surface area contributed by atoms with Gasteiger partial charge in [0.05, 0.1) is 5.71 Å². The average Bonchev–Trinajstić information content (AvgIpc) is 2.88. The van der Waals surface area contributed by atoms with Gasteiger partial charge in [0.1, 0.15) is 0 Å². The Morgan fingerprint density at radius 2 is 1.57 bits per heavy atom. The largest absolute Gasteiger partial charge is 0.212 e. The Kier molecular flexibility index (Phi) is 3.87. The minimum absolute atomic E-state index is 0.0579. The van der Waals surface area contributed by atoms with E-state index in [0.717, 1.165) is 22.3 Å². The van der Waals surface area contributed by atoms with E-state index in [1.54, 1.807) is 11.8 Å². The van der Waals surface area contributed by atoms with Gasteiger partial charge in [-0.15, -0.1) is 10.2 Å². The third-order valence-electron chi connectivity index (χ3n) is 4.05. The zero-order valence-corrected chi connectivity index (χ0v) is 15.5. The van der Waals surface area contributed by atoms with Gasteiger partial charge >= 0.3 is 0 Å². The zero-order chi connectivity index (χ0) is 16.8. The maximum absolute atomic E-state index is 4.81. The van der Waals surface area contributed by atoms with Gasteiger partial charge in [-0.25, -0.2) is 0 Å². The summed E-state index contributed by atoms with van der Waals surface area (Å²) < 4.78 is 1.89. The highest BCUT2D eigenvalue weighted by Gasteiger charge is 2.26. The summed E-state index contributed by atoms with van der Waals surface area (Å²) in [5.74, 6) is 1.69. The van der Waals surface area contributed by atoms with E-state index in [4.69, 9.17) is 5.10 Å². The summed E-state index contributed by atoms with van der Waals surface area (Å²) in [6.07, 6.45) is 0. The smallest absolute Gasteiger partial charge is 0.187 e. The molecule has 0 amide bonds. The molecule has 4 nitrogen and oxygen atoms in total. The highest BCUT2D eigenvalue weighted by Crippen LogP contribution is 2.32. The molecule has 0 aliphatic carbocycles. The van der Waals surface area contributed by atoms with Crippen LogP contribution in [0.15, 0.2) is 34.5 Å². The van der Waals surface area contributed by atoms with E-state index in [1.165, 1.54) is 11.3 Å². The zero-order valence-electron chi connectivity index (χ0n) is 14.7. The van der Waals surface area contributed by atoms with Crippen LogP contribution >= 0.6 is 11.8 Å². The molecule has 0 radical (unpaired) electrons. The fraction of sp³-hybridized carbons (Fsp3) is 0.500. The van der Waals surface area contributed by atoms with Crippen molar-refractivity contribution in [3.05, 3.63) is 29.8 Å². The molecule has 23 heavy (non-hydrogen) atoms. The summed E-state index contributed by atoms with van der Waals surface area (Å²) in [4.78, 5) is 0. The molecule has 0 saturated carbocycles. The Morgan fingerprint density at radius 1 is 0.913 bits per heavy atom. The van der Waals surface area contributed by atoms with Crippen LogP contribution in [0.2, 0.25) is 0 Å². The molecule has 3 rings (SSSR count). The lowest BCUT2D eigenvalue weighted by Crippen LogP contribution is -2.26. The molecular formula is C18H24N4S. The molecule has 2 heterocycles. The van der Waals surface area contributed by atoms with E-state index in [9.17, 15) is 0 Å². The van der Waals surface area contributed by atoms with Crippen LogP contribution in [0, 0.1) is 5.41 Å². The molecule has 5 heteroatoms. The maximum atomic E-state index is 4.81. The van der Waals surface area contributed by atoms with Crippen LogP contribution < -0.4 is 0 Å². The molecule has 0 saturated heterocycles. The number of benzene rings is 1. The number of aromatic nitrogens is 3. The van der Waals surface area contributed by atoms with Gasteiger partial charge in [-0.2, -0.15) is 9.78 Å². The van der Waals surface area contributed by atoms with E-state index in [0.29, 0.717) is 0 Å². The Bertz CT molecular complexity index is 743. The van der Waals surface area contributed by atoms with Crippen LogP contribution in [0.25, 0.3) is 11.4 Å². The molecule has 0 spiro atoms. The quantitative estimate of drug-likeness (QED) is 0.768. The standard InChI is InChI=1S/C18H24N4S/c1-17(2,3)13-9-7-12(8-10-13)15-19-20-16-22(15)21-14(11-23-16)18(4,5)6/h7-10H,11H2,1-6H3. The van der Waals surface area contributed by atoms with Gasteiger partial charge in [0.15, 0.2) is 5.82 Å². The van der Waals surface area contributed by atoms with Crippen molar-refractivity contribution in [1.29, 1.82) is 0 Å². The maximum Gasteiger partial charge on any atom is 0.212 e. The molecule has 1 aromatic heterocycles. The Hall–Kier alpha value is -1.62.